The summed E-state index contributed by atoms with van der Waals surface area (Å²) in [6.07, 6.45) is 0. The van der Waals surface area contributed by atoms with Crippen LogP contribution in [-0.4, -0.2) is 17.6 Å². The van der Waals surface area contributed by atoms with Gasteiger partial charge in [0, 0.05) is 23.8 Å². The van der Waals surface area contributed by atoms with E-state index in [0.717, 1.165) is 11.1 Å². The zero-order valence-corrected chi connectivity index (χ0v) is 13.2. The molecule has 0 saturated carbocycles. The van der Waals surface area contributed by atoms with E-state index < -0.39 is 0 Å². The average Bonchev–Trinajstić information content (AvgIpc) is 2.53. The van der Waals surface area contributed by atoms with Crippen LogP contribution < -0.4 is 10.6 Å². The molecular formula is C17H19ClN2O2. The molecule has 0 bridgehead atoms. The molecule has 5 heteroatoms. The smallest absolute Gasteiger partial charge is 0.253 e. The molecule has 0 radical (unpaired) electrons. The number of carbonyl (C=O) groups is 1. The van der Waals surface area contributed by atoms with E-state index in [4.69, 9.17) is 16.7 Å². The van der Waals surface area contributed by atoms with Crippen molar-refractivity contribution < 1.29 is 9.90 Å². The molecule has 0 aliphatic rings. The third-order valence-corrected chi connectivity index (χ3v) is 3.49. The summed E-state index contributed by atoms with van der Waals surface area (Å²) in [5, 5.41) is 15.6. The molecule has 0 aromatic heterocycles. The Morgan fingerprint density at radius 3 is 2.45 bits per heavy atom. The van der Waals surface area contributed by atoms with E-state index in [0.29, 0.717) is 29.4 Å². The molecule has 4 nitrogen and oxygen atoms in total. The molecule has 2 rings (SSSR count). The Labute approximate surface area is 135 Å². The summed E-state index contributed by atoms with van der Waals surface area (Å²) in [7, 11) is 0. The van der Waals surface area contributed by atoms with Crippen LogP contribution in [0.15, 0.2) is 42.5 Å². The van der Waals surface area contributed by atoms with Crippen LogP contribution in [0, 0.1) is 0 Å². The first-order chi connectivity index (χ1) is 10.6. The molecule has 0 atom stereocenters. The fraction of sp³-hybridized carbons (Fsp3) is 0.235. The Kier molecular flexibility index (Phi) is 5.81. The van der Waals surface area contributed by atoms with Gasteiger partial charge >= 0.3 is 0 Å². The Morgan fingerprint density at radius 1 is 1.14 bits per heavy atom. The number of benzene rings is 2. The number of rotatable bonds is 6. The lowest BCUT2D eigenvalue weighted by atomic mass is 10.1. The minimum atomic E-state index is -0.128. The third-order valence-electron chi connectivity index (χ3n) is 3.25. The molecule has 0 unspecified atom stereocenters. The lowest BCUT2D eigenvalue weighted by Gasteiger charge is -2.12. The molecule has 1 amide bonds. The van der Waals surface area contributed by atoms with Crippen LogP contribution in [0.3, 0.4) is 0 Å². The van der Waals surface area contributed by atoms with Gasteiger partial charge in [-0.2, -0.15) is 0 Å². The molecular weight excluding hydrogens is 300 g/mol. The summed E-state index contributed by atoms with van der Waals surface area (Å²) >= 11 is 6.02. The minimum absolute atomic E-state index is 0.0311. The standard InChI is InChI=1S/C17H19ClN2O2/c1-2-19-17(22)15-8-7-14(18)9-16(15)20-10-12-3-5-13(11-21)6-4-12/h3-9,20-21H,2,10-11H2,1H3,(H,19,22). The second kappa shape index (κ2) is 7.82. The number of aliphatic hydroxyl groups is 1. The molecule has 0 saturated heterocycles. The fourth-order valence-electron chi connectivity index (χ4n) is 2.08. The van der Waals surface area contributed by atoms with Crippen LogP contribution in [-0.2, 0) is 13.2 Å². The maximum atomic E-state index is 12.0. The minimum Gasteiger partial charge on any atom is -0.392 e. The van der Waals surface area contributed by atoms with Crippen molar-refractivity contribution in [3.05, 3.63) is 64.2 Å². The second-order valence-corrected chi connectivity index (χ2v) is 5.31. The summed E-state index contributed by atoms with van der Waals surface area (Å²) in [4.78, 5) is 12.0. The highest BCUT2D eigenvalue weighted by molar-refractivity contribution is 6.31. The summed E-state index contributed by atoms with van der Waals surface area (Å²) in [5.41, 5.74) is 3.19. The summed E-state index contributed by atoms with van der Waals surface area (Å²) in [6.45, 7) is 3.05. The van der Waals surface area contributed by atoms with Gasteiger partial charge in [-0.05, 0) is 36.2 Å². The molecule has 116 valence electrons. The first-order valence-electron chi connectivity index (χ1n) is 7.14. The van der Waals surface area contributed by atoms with Crippen LogP contribution in [0.2, 0.25) is 5.02 Å². The number of aliphatic hydroxyl groups excluding tert-OH is 1. The van der Waals surface area contributed by atoms with Crippen molar-refractivity contribution in [2.24, 2.45) is 0 Å². The molecule has 0 fully saturated rings. The average molecular weight is 319 g/mol. The lowest BCUT2D eigenvalue weighted by Crippen LogP contribution is -2.23. The number of carbonyl (C=O) groups excluding carboxylic acids is 1. The van der Waals surface area contributed by atoms with Crippen molar-refractivity contribution in [2.75, 3.05) is 11.9 Å². The molecule has 0 aliphatic carbocycles. The Hall–Kier alpha value is -2.04. The topological polar surface area (TPSA) is 61.4 Å². The monoisotopic (exact) mass is 318 g/mol. The van der Waals surface area contributed by atoms with Gasteiger partial charge in [-0.1, -0.05) is 35.9 Å². The first-order valence-corrected chi connectivity index (χ1v) is 7.52. The summed E-state index contributed by atoms with van der Waals surface area (Å²) in [5.74, 6) is -0.128. The van der Waals surface area contributed by atoms with Gasteiger partial charge in [0.05, 0.1) is 12.2 Å². The lowest BCUT2D eigenvalue weighted by molar-refractivity contribution is 0.0956. The second-order valence-electron chi connectivity index (χ2n) is 4.88. The normalized spacial score (nSPS) is 10.3. The van der Waals surface area contributed by atoms with E-state index in [2.05, 4.69) is 10.6 Å². The first kappa shape index (κ1) is 16.3. The number of hydrogen-bond donors (Lipinski definition) is 3. The number of hydrogen-bond acceptors (Lipinski definition) is 3. The Morgan fingerprint density at radius 2 is 1.82 bits per heavy atom. The predicted molar refractivity (Wildman–Crippen MR) is 89.2 cm³/mol. The van der Waals surface area contributed by atoms with Crippen molar-refractivity contribution in [2.45, 2.75) is 20.1 Å². The van der Waals surface area contributed by atoms with Crippen molar-refractivity contribution in [1.82, 2.24) is 5.32 Å². The van der Waals surface area contributed by atoms with Crippen molar-refractivity contribution in [3.63, 3.8) is 0 Å². The SMILES string of the molecule is CCNC(=O)c1ccc(Cl)cc1NCc1ccc(CO)cc1. The van der Waals surface area contributed by atoms with Gasteiger partial charge in [0.15, 0.2) is 0 Å². The van der Waals surface area contributed by atoms with Gasteiger partial charge in [0.25, 0.3) is 5.91 Å². The zero-order valence-electron chi connectivity index (χ0n) is 12.4. The summed E-state index contributed by atoms with van der Waals surface area (Å²) in [6, 6.07) is 12.8. The Balaban J connectivity index is 2.13. The molecule has 0 heterocycles. The van der Waals surface area contributed by atoms with E-state index >= 15 is 0 Å². The highest BCUT2D eigenvalue weighted by Crippen LogP contribution is 2.22. The molecule has 0 spiro atoms. The van der Waals surface area contributed by atoms with Gasteiger partial charge in [0.1, 0.15) is 0 Å². The summed E-state index contributed by atoms with van der Waals surface area (Å²) < 4.78 is 0. The van der Waals surface area contributed by atoms with Crippen molar-refractivity contribution >= 4 is 23.2 Å². The zero-order chi connectivity index (χ0) is 15.9. The molecule has 2 aromatic rings. The van der Waals surface area contributed by atoms with Crippen LogP contribution in [0.25, 0.3) is 0 Å². The molecule has 0 aliphatic heterocycles. The van der Waals surface area contributed by atoms with Gasteiger partial charge in [-0.3, -0.25) is 4.79 Å². The van der Waals surface area contributed by atoms with Crippen LogP contribution in [0.5, 0.6) is 0 Å². The fourth-order valence-corrected chi connectivity index (χ4v) is 2.25. The maximum absolute atomic E-state index is 12.0. The maximum Gasteiger partial charge on any atom is 0.253 e. The highest BCUT2D eigenvalue weighted by Gasteiger charge is 2.11. The van der Waals surface area contributed by atoms with E-state index in [-0.39, 0.29) is 12.5 Å². The van der Waals surface area contributed by atoms with E-state index in [1.165, 1.54) is 0 Å². The quantitative estimate of drug-likeness (QED) is 0.766. The van der Waals surface area contributed by atoms with Crippen LogP contribution >= 0.6 is 11.6 Å². The number of amides is 1. The third kappa shape index (κ3) is 4.23. The van der Waals surface area contributed by atoms with Gasteiger partial charge in [-0.25, -0.2) is 0 Å². The molecule has 22 heavy (non-hydrogen) atoms. The van der Waals surface area contributed by atoms with E-state index in [1.54, 1.807) is 18.2 Å². The van der Waals surface area contributed by atoms with E-state index in [1.807, 2.05) is 31.2 Å². The van der Waals surface area contributed by atoms with Crippen molar-refractivity contribution in [3.8, 4) is 0 Å². The molecule has 3 N–H and O–H groups in total. The van der Waals surface area contributed by atoms with Crippen LogP contribution in [0.4, 0.5) is 5.69 Å². The van der Waals surface area contributed by atoms with Gasteiger partial charge in [0.2, 0.25) is 0 Å². The Bertz CT molecular complexity index is 642. The predicted octanol–water partition coefficient (Wildman–Crippen LogP) is 3.19. The highest BCUT2D eigenvalue weighted by atomic mass is 35.5. The van der Waals surface area contributed by atoms with Crippen LogP contribution in [0.1, 0.15) is 28.4 Å². The van der Waals surface area contributed by atoms with E-state index in [9.17, 15) is 4.79 Å². The number of anilines is 1. The number of nitrogens with one attached hydrogen (secondary N) is 2. The molecule has 2 aromatic carbocycles. The van der Waals surface area contributed by atoms with Crippen molar-refractivity contribution in [1.29, 1.82) is 0 Å². The largest absolute Gasteiger partial charge is 0.392 e. The van der Waals surface area contributed by atoms with Gasteiger partial charge < -0.3 is 15.7 Å². The van der Waals surface area contributed by atoms with Gasteiger partial charge in [-0.15, -0.1) is 0 Å². The number of halogens is 1.